The van der Waals surface area contributed by atoms with E-state index in [1.54, 1.807) is 44.4 Å². The molecule has 0 bridgehead atoms. The molecule has 0 aliphatic carbocycles. The summed E-state index contributed by atoms with van der Waals surface area (Å²) in [6, 6.07) is 20.3. The van der Waals surface area contributed by atoms with Gasteiger partial charge in [-0.25, -0.2) is 8.42 Å². The third kappa shape index (κ3) is 8.47. The van der Waals surface area contributed by atoms with E-state index in [2.05, 4.69) is 5.32 Å². The maximum Gasteiger partial charge on any atom is 0.244 e. The van der Waals surface area contributed by atoms with Crippen LogP contribution in [0.5, 0.6) is 5.75 Å². The van der Waals surface area contributed by atoms with Gasteiger partial charge in [-0.05, 0) is 61.7 Å². The lowest BCUT2D eigenvalue weighted by molar-refractivity contribution is -0.140. The number of aryl methyl sites for hydroxylation is 1. The first-order valence-electron chi connectivity index (χ1n) is 12.9. The van der Waals surface area contributed by atoms with Gasteiger partial charge in [0.1, 0.15) is 18.3 Å². The highest BCUT2D eigenvalue weighted by molar-refractivity contribution is 7.92. The molecule has 0 radical (unpaired) electrons. The summed E-state index contributed by atoms with van der Waals surface area (Å²) in [7, 11) is -2.33. The van der Waals surface area contributed by atoms with Crippen molar-refractivity contribution in [1.82, 2.24) is 10.2 Å². The first-order chi connectivity index (χ1) is 18.9. The minimum absolute atomic E-state index is 0.0608. The van der Waals surface area contributed by atoms with Crippen LogP contribution < -0.4 is 14.4 Å². The third-order valence-electron chi connectivity index (χ3n) is 6.31. The van der Waals surface area contributed by atoms with Crippen molar-refractivity contribution in [2.24, 2.45) is 0 Å². The van der Waals surface area contributed by atoms with E-state index in [0.717, 1.165) is 27.3 Å². The van der Waals surface area contributed by atoms with Crippen molar-refractivity contribution in [2.75, 3.05) is 24.2 Å². The first kappa shape index (κ1) is 31.0. The molecule has 0 aliphatic heterocycles. The summed E-state index contributed by atoms with van der Waals surface area (Å²) in [5, 5.41) is 3.31. The molecule has 0 aliphatic rings. The fourth-order valence-electron chi connectivity index (χ4n) is 4.25. The number of anilines is 1. The van der Waals surface area contributed by atoms with Crippen LogP contribution in [0.4, 0.5) is 5.69 Å². The van der Waals surface area contributed by atoms with E-state index >= 15 is 0 Å². The van der Waals surface area contributed by atoms with Crippen LogP contribution in [0.1, 0.15) is 30.5 Å². The lowest BCUT2D eigenvalue weighted by Crippen LogP contribution is -2.54. The number of rotatable bonds is 12. The number of amides is 2. The van der Waals surface area contributed by atoms with Crippen LogP contribution in [0.2, 0.25) is 5.02 Å². The Bertz CT molecular complexity index is 1430. The van der Waals surface area contributed by atoms with E-state index in [1.165, 1.54) is 11.0 Å². The van der Waals surface area contributed by atoms with Crippen molar-refractivity contribution >= 4 is 39.1 Å². The minimum Gasteiger partial charge on any atom is -0.497 e. The SMILES string of the molecule is COc1cccc(CN(C(=O)CN(c2ccc(C)c(Cl)c2)S(C)(=O)=O)[C@H](Cc2ccccc2)C(=O)NC(C)C)c1. The van der Waals surface area contributed by atoms with Crippen LogP contribution in [0.15, 0.2) is 72.8 Å². The second kappa shape index (κ2) is 13.7. The number of sulfonamides is 1. The Hall–Kier alpha value is -3.56. The zero-order valence-corrected chi connectivity index (χ0v) is 25.0. The van der Waals surface area contributed by atoms with Crippen LogP contribution in [-0.2, 0) is 32.6 Å². The second-order valence-electron chi connectivity index (χ2n) is 9.95. The molecule has 8 nitrogen and oxygen atoms in total. The largest absolute Gasteiger partial charge is 0.497 e. The van der Waals surface area contributed by atoms with Crippen molar-refractivity contribution in [1.29, 1.82) is 0 Å². The summed E-state index contributed by atoms with van der Waals surface area (Å²) < 4.78 is 32.1. The number of ether oxygens (including phenoxy) is 1. The molecule has 2 amide bonds. The van der Waals surface area contributed by atoms with Gasteiger partial charge in [0.2, 0.25) is 21.8 Å². The average molecular weight is 586 g/mol. The number of benzene rings is 3. The third-order valence-corrected chi connectivity index (χ3v) is 7.86. The number of nitrogens with zero attached hydrogens (tertiary/aromatic N) is 2. The molecule has 0 fully saturated rings. The zero-order valence-electron chi connectivity index (χ0n) is 23.4. The zero-order chi connectivity index (χ0) is 29.4. The molecular weight excluding hydrogens is 550 g/mol. The van der Waals surface area contributed by atoms with Gasteiger partial charge in [0.15, 0.2) is 0 Å². The minimum atomic E-state index is -3.88. The predicted molar refractivity (Wildman–Crippen MR) is 159 cm³/mol. The lowest BCUT2D eigenvalue weighted by Gasteiger charge is -2.34. The molecule has 10 heteroatoms. The van der Waals surface area contributed by atoms with Gasteiger partial charge in [0.25, 0.3) is 0 Å². The molecule has 0 aromatic heterocycles. The normalized spacial score (nSPS) is 12.1. The number of methoxy groups -OCH3 is 1. The number of carbonyl (C=O) groups excluding carboxylic acids is 2. The van der Waals surface area contributed by atoms with E-state index < -0.39 is 28.5 Å². The summed E-state index contributed by atoms with van der Waals surface area (Å²) in [5.74, 6) is -0.271. The Labute approximate surface area is 241 Å². The Balaban J connectivity index is 2.08. The van der Waals surface area contributed by atoms with Gasteiger partial charge in [-0.3, -0.25) is 13.9 Å². The summed E-state index contributed by atoms with van der Waals surface area (Å²) in [4.78, 5) is 29.1. The van der Waals surface area contributed by atoms with Gasteiger partial charge in [-0.2, -0.15) is 0 Å². The van der Waals surface area contributed by atoms with Crippen LogP contribution in [-0.4, -0.2) is 57.1 Å². The Kier molecular flexibility index (Phi) is 10.6. The summed E-state index contributed by atoms with van der Waals surface area (Å²) in [6.07, 6.45) is 1.28. The van der Waals surface area contributed by atoms with Gasteiger partial charge < -0.3 is 15.0 Å². The molecule has 3 aromatic carbocycles. The van der Waals surface area contributed by atoms with E-state index in [0.29, 0.717) is 10.8 Å². The van der Waals surface area contributed by atoms with Crippen LogP contribution in [0, 0.1) is 6.92 Å². The van der Waals surface area contributed by atoms with Crippen molar-refractivity contribution < 1.29 is 22.7 Å². The highest BCUT2D eigenvalue weighted by Crippen LogP contribution is 2.26. The van der Waals surface area contributed by atoms with E-state index in [4.69, 9.17) is 16.3 Å². The number of hydrogen-bond acceptors (Lipinski definition) is 5. The monoisotopic (exact) mass is 585 g/mol. The molecule has 0 spiro atoms. The van der Waals surface area contributed by atoms with Gasteiger partial charge in [-0.15, -0.1) is 0 Å². The highest BCUT2D eigenvalue weighted by Gasteiger charge is 2.33. The number of nitrogens with one attached hydrogen (secondary N) is 1. The summed E-state index contributed by atoms with van der Waals surface area (Å²) >= 11 is 6.29. The van der Waals surface area contributed by atoms with E-state index in [9.17, 15) is 18.0 Å². The van der Waals surface area contributed by atoms with Crippen LogP contribution in [0.3, 0.4) is 0 Å². The maximum atomic E-state index is 14.1. The number of carbonyl (C=O) groups is 2. The predicted octanol–water partition coefficient (Wildman–Crippen LogP) is 4.59. The van der Waals surface area contributed by atoms with Crippen LogP contribution in [0.25, 0.3) is 0 Å². The van der Waals surface area contributed by atoms with Crippen molar-refractivity contribution in [3.8, 4) is 5.75 Å². The Morgan fingerprint density at radius 1 is 0.975 bits per heavy atom. The number of hydrogen-bond donors (Lipinski definition) is 1. The Morgan fingerprint density at radius 3 is 2.25 bits per heavy atom. The lowest BCUT2D eigenvalue weighted by atomic mass is 10.0. The van der Waals surface area contributed by atoms with Gasteiger partial charge in [0, 0.05) is 24.0 Å². The molecule has 0 saturated carbocycles. The molecule has 0 heterocycles. The number of halogens is 1. The molecule has 0 unspecified atom stereocenters. The fourth-order valence-corrected chi connectivity index (χ4v) is 5.27. The molecule has 40 heavy (non-hydrogen) atoms. The molecule has 3 rings (SSSR count). The van der Waals surface area contributed by atoms with Crippen LogP contribution >= 0.6 is 11.6 Å². The van der Waals surface area contributed by atoms with Crippen molar-refractivity contribution in [2.45, 2.75) is 45.8 Å². The highest BCUT2D eigenvalue weighted by atomic mass is 35.5. The fraction of sp³-hybridized carbons (Fsp3) is 0.333. The molecule has 1 atom stereocenters. The Morgan fingerprint density at radius 2 is 1.65 bits per heavy atom. The smallest absolute Gasteiger partial charge is 0.244 e. The first-order valence-corrected chi connectivity index (χ1v) is 15.1. The maximum absolute atomic E-state index is 14.1. The standard InChI is InChI=1S/C30H36ClN3O5S/c1-21(2)32-30(36)28(17-23-10-7-6-8-11-23)33(19-24-12-9-13-26(16-24)39-4)29(35)20-34(40(5,37)38)25-15-14-22(3)27(31)18-25/h6-16,18,21,28H,17,19-20H2,1-5H3,(H,32,36)/t28-/m1/s1. The van der Waals surface area contributed by atoms with Crippen molar-refractivity contribution in [3.05, 3.63) is 94.5 Å². The quantitative estimate of drug-likeness (QED) is 0.335. The summed E-state index contributed by atoms with van der Waals surface area (Å²) in [6.45, 7) is 5.05. The molecule has 0 saturated heterocycles. The topological polar surface area (TPSA) is 96.0 Å². The second-order valence-corrected chi connectivity index (χ2v) is 12.3. The molecule has 1 N–H and O–H groups in total. The molecule has 214 valence electrons. The van der Waals surface area contributed by atoms with Crippen molar-refractivity contribution in [3.63, 3.8) is 0 Å². The van der Waals surface area contributed by atoms with E-state index in [-0.39, 0.29) is 30.6 Å². The molecule has 3 aromatic rings. The van der Waals surface area contributed by atoms with E-state index in [1.807, 2.05) is 50.2 Å². The van der Waals surface area contributed by atoms with Gasteiger partial charge >= 0.3 is 0 Å². The van der Waals surface area contributed by atoms with Gasteiger partial charge in [-0.1, -0.05) is 60.1 Å². The van der Waals surface area contributed by atoms with Gasteiger partial charge in [0.05, 0.1) is 19.1 Å². The average Bonchev–Trinajstić information content (AvgIpc) is 2.90. The molecular formula is C30H36ClN3O5S. The summed E-state index contributed by atoms with van der Waals surface area (Å²) in [5.41, 5.74) is 2.63.